The van der Waals surface area contributed by atoms with Crippen molar-refractivity contribution in [3.63, 3.8) is 0 Å². The van der Waals surface area contributed by atoms with E-state index in [1.54, 1.807) is 12.2 Å². The molecule has 0 atom stereocenters. The number of anilines is 1. The Morgan fingerprint density at radius 3 is 2.25 bits per heavy atom. The van der Waals surface area contributed by atoms with Crippen LogP contribution < -0.4 is 5.32 Å². The van der Waals surface area contributed by atoms with Gasteiger partial charge in [0.15, 0.2) is 0 Å². The fraction of sp³-hybridized carbons (Fsp3) is 0.118. The Labute approximate surface area is 127 Å². The first kappa shape index (κ1) is 14.5. The van der Waals surface area contributed by atoms with Gasteiger partial charge in [-0.1, -0.05) is 34.1 Å². The number of hydrogen-bond donors (Lipinski definition) is 1. The highest BCUT2D eigenvalue weighted by Gasteiger charge is 1.99. The molecule has 2 aromatic rings. The lowest BCUT2D eigenvalue weighted by Gasteiger charge is -2.05. The van der Waals surface area contributed by atoms with E-state index in [1.807, 2.05) is 50.2 Å². The van der Waals surface area contributed by atoms with Crippen LogP contribution in [0.15, 0.2) is 53.0 Å². The molecule has 0 radical (unpaired) electrons. The second-order valence-electron chi connectivity index (χ2n) is 4.75. The highest BCUT2D eigenvalue weighted by atomic mass is 79.9. The number of nitrogens with one attached hydrogen (secondary N) is 1. The van der Waals surface area contributed by atoms with E-state index in [0.717, 1.165) is 26.9 Å². The summed E-state index contributed by atoms with van der Waals surface area (Å²) in [6.07, 6.45) is 3.34. The molecular weight excluding hydrogens is 314 g/mol. The molecule has 0 spiro atoms. The molecule has 1 amide bonds. The molecular formula is C17H16BrNO. The number of aryl methyl sites for hydroxylation is 2. The molecule has 2 aromatic carbocycles. The molecule has 3 heteroatoms. The van der Waals surface area contributed by atoms with Gasteiger partial charge >= 0.3 is 0 Å². The zero-order valence-corrected chi connectivity index (χ0v) is 13.1. The third kappa shape index (κ3) is 4.35. The van der Waals surface area contributed by atoms with Crippen LogP contribution in [0.1, 0.15) is 16.7 Å². The van der Waals surface area contributed by atoms with Crippen molar-refractivity contribution in [2.75, 3.05) is 5.32 Å². The zero-order valence-electron chi connectivity index (χ0n) is 11.5. The maximum absolute atomic E-state index is 11.9. The maximum Gasteiger partial charge on any atom is 0.248 e. The maximum atomic E-state index is 11.9. The molecule has 0 heterocycles. The van der Waals surface area contributed by atoms with Gasteiger partial charge in [0.25, 0.3) is 0 Å². The van der Waals surface area contributed by atoms with Gasteiger partial charge in [-0.3, -0.25) is 4.79 Å². The molecule has 0 bridgehead atoms. The standard InChI is InChI=1S/C17H16BrNO/c1-12-9-13(2)11-16(10-12)19-17(20)8-5-14-3-6-15(18)7-4-14/h3-11H,1-2H3,(H,19,20)/b8-5+. The van der Waals surface area contributed by atoms with Gasteiger partial charge in [0.1, 0.15) is 0 Å². The summed E-state index contributed by atoms with van der Waals surface area (Å²) >= 11 is 3.38. The normalized spacial score (nSPS) is 10.8. The first-order valence-electron chi connectivity index (χ1n) is 6.36. The van der Waals surface area contributed by atoms with Crippen LogP contribution in [-0.4, -0.2) is 5.91 Å². The number of benzene rings is 2. The molecule has 0 saturated heterocycles. The fourth-order valence-corrected chi connectivity index (χ4v) is 2.24. The van der Waals surface area contributed by atoms with E-state index in [0.29, 0.717) is 0 Å². The molecule has 2 nitrogen and oxygen atoms in total. The van der Waals surface area contributed by atoms with E-state index in [9.17, 15) is 4.79 Å². The van der Waals surface area contributed by atoms with Crippen molar-refractivity contribution >= 4 is 33.6 Å². The first-order valence-corrected chi connectivity index (χ1v) is 7.15. The quantitative estimate of drug-likeness (QED) is 0.811. The van der Waals surface area contributed by atoms with E-state index in [2.05, 4.69) is 27.3 Å². The summed E-state index contributed by atoms with van der Waals surface area (Å²) < 4.78 is 1.02. The minimum Gasteiger partial charge on any atom is -0.322 e. The topological polar surface area (TPSA) is 29.1 Å². The van der Waals surface area contributed by atoms with Gasteiger partial charge in [0.05, 0.1) is 0 Å². The predicted molar refractivity (Wildman–Crippen MR) is 87.7 cm³/mol. The average molecular weight is 330 g/mol. The van der Waals surface area contributed by atoms with Crippen molar-refractivity contribution < 1.29 is 4.79 Å². The van der Waals surface area contributed by atoms with Crippen molar-refractivity contribution in [2.24, 2.45) is 0 Å². The average Bonchev–Trinajstić information content (AvgIpc) is 2.37. The third-order valence-corrected chi connectivity index (χ3v) is 3.32. The summed E-state index contributed by atoms with van der Waals surface area (Å²) in [4.78, 5) is 11.9. The van der Waals surface area contributed by atoms with E-state index >= 15 is 0 Å². The molecule has 0 aliphatic heterocycles. The van der Waals surface area contributed by atoms with Crippen molar-refractivity contribution in [3.05, 3.63) is 69.7 Å². The number of hydrogen-bond acceptors (Lipinski definition) is 1. The minimum absolute atomic E-state index is 0.127. The van der Waals surface area contributed by atoms with E-state index in [4.69, 9.17) is 0 Å². The highest BCUT2D eigenvalue weighted by Crippen LogP contribution is 2.14. The van der Waals surface area contributed by atoms with E-state index in [-0.39, 0.29) is 5.91 Å². The lowest BCUT2D eigenvalue weighted by molar-refractivity contribution is -0.111. The number of carbonyl (C=O) groups is 1. The molecule has 0 fully saturated rings. The van der Waals surface area contributed by atoms with Crippen LogP contribution in [0.25, 0.3) is 6.08 Å². The van der Waals surface area contributed by atoms with Gasteiger partial charge in [0.2, 0.25) is 5.91 Å². The van der Waals surface area contributed by atoms with Crippen LogP contribution >= 0.6 is 15.9 Å². The molecule has 0 saturated carbocycles. The van der Waals surface area contributed by atoms with Gasteiger partial charge < -0.3 is 5.32 Å². The number of amides is 1. The number of carbonyl (C=O) groups excluding carboxylic acids is 1. The van der Waals surface area contributed by atoms with Gasteiger partial charge in [-0.2, -0.15) is 0 Å². The summed E-state index contributed by atoms with van der Waals surface area (Å²) in [5.41, 5.74) is 4.09. The van der Waals surface area contributed by atoms with Crippen LogP contribution in [0.2, 0.25) is 0 Å². The van der Waals surface area contributed by atoms with Crippen LogP contribution in [0.5, 0.6) is 0 Å². The van der Waals surface area contributed by atoms with Crippen molar-refractivity contribution in [2.45, 2.75) is 13.8 Å². The second kappa shape index (κ2) is 6.53. The monoisotopic (exact) mass is 329 g/mol. The third-order valence-electron chi connectivity index (χ3n) is 2.79. The van der Waals surface area contributed by atoms with E-state index < -0.39 is 0 Å². The smallest absolute Gasteiger partial charge is 0.248 e. The lowest BCUT2D eigenvalue weighted by Crippen LogP contribution is -2.08. The predicted octanol–water partition coefficient (Wildman–Crippen LogP) is 4.72. The Kier molecular flexibility index (Phi) is 4.74. The lowest BCUT2D eigenvalue weighted by atomic mass is 10.1. The summed E-state index contributed by atoms with van der Waals surface area (Å²) in [5.74, 6) is -0.127. The largest absolute Gasteiger partial charge is 0.322 e. The van der Waals surface area contributed by atoms with Gasteiger partial charge in [-0.15, -0.1) is 0 Å². The molecule has 2 rings (SSSR count). The molecule has 102 valence electrons. The molecule has 0 unspecified atom stereocenters. The van der Waals surface area contributed by atoms with Crippen LogP contribution in [-0.2, 0) is 4.79 Å². The minimum atomic E-state index is -0.127. The molecule has 0 aliphatic rings. The Balaban J connectivity index is 2.03. The Hall–Kier alpha value is -1.87. The SMILES string of the molecule is Cc1cc(C)cc(NC(=O)/C=C/c2ccc(Br)cc2)c1. The van der Waals surface area contributed by atoms with Crippen LogP contribution in [0, 0.1) is 13.8 Å². The number of rotatable bonds is 3. The Bertz CT molecular complexity index is 624. The van der Waals surface area contributed by atoms with Crippen LogP contribution in [0.3, 0.4) is 0 Å². The summed E-state index contributed by atoms with van der Waals surface area (Å²) in [6, 6.07) is 13.8. The molecule has 1 N–H and O–H groups in total. The zero-order chi connectivity index (χ0) is 14.5. The van der Waals surface area contributed by atoms with Crippen molar-refractivity contribution in [3.8, 4) is 0 Å². The summed E-state index contributed by atoms with van der Waals surface area (Å²) in [5, 5.41) is 2.87. The van der Waals surface area contributed by atoms with Crippen molar-refractivity contribution in [1.29, 1.82) is 0 Å². The van der Waals surface area contributed by atoms with Gasteiger partial charge in [-0.25, -0.2) is 0 Å². The highest BCUT2D eigenvalue weighted by molar-refractivity contribution is 9.10. The van der Waals surface area contributed by atoms with Gasteiger partial charge in [0, 0.05) is 16.2 Å². The molecule has 20 heavy (non-hydrogen) atoms. The number of halogens is 1. The summed E-state index contributed by atoms with van der Waals surface area (Å²) in [6.45, 7) is 4.03. The van der Waals surface area contributed by atoms with Gasteiger partial charge in [-0.05, 0) is 60.9 Å². The van der Waals surface area contributed by atoms with E-state index in [1.165, 1.54) is 0 Å². The summed E-state index contributed by atoms with van der Waals surface area (Å²) in [7, 11) is 0. The Morgan fingerprint density at radius 2 is 1.65 bits per heavy atom. The van der Waals surface area contributed by atoms with Crippen molar-refractivity contribution in [1.82, 2.24) is 0 Å². The Morgan fingerprint density at radius 1 is 1.05 bits per heavy atom. The first-order chi connectivity index (χ1) is 9.52. The molecule has 0 aromatic heterocycles. The fourth-order valence-electron chi connectivity index (χ4n) is 1.98. The molecule has 0 aliphatic carbocycles. The van der Waals surface area contributed by atoms with Crippen LogP contribution in [0.4, 0.5) is 5.69 Å². The second-order valence-corrected chi connectivity index (χ2v) is 5.67.